The smallest absolute Gasteiger partial charge is 0.339 e. The minimum Gasteiger partial charge on any atom is -0.485 e. The first-order chi connectivity index (χ1) is 9.11. The van der Waals surface area contributed by atoms with Crippen LogP contribution in [0.4, 0.5) is 0 Å². The van der Waals surface area contributed by atoms with Crippen LogP contribution < -0.4 is 4.74 Å². The summed E-state index contributed by atoms with van der Waals surface area (Å²) in [7, 11) is 0. The zero-order valence-corrected chi connectivity index (χ0v) is 11.8. The number of rotatable bonds is 5. The predicted octanol–water partition coefficient (Wildman–Crippen LogP) is 2.34. The Labute approximate surface area is 118 Å². The summed E-state index contributed by atoms with van der Waals surface area (Å²) in [6, 6.07) is 4.84. The van der Waals surface area contributed by atoms with E-state index in [-0.39, 0.29) is 12.2 Å². The van der Waals surface area contributed by atoms with E-state index in [4.69, 9.17) is 9.84 Å². The lowest BCUT2D eigenvalue weighted by atomic mass is 10.2. The summed E-state index contributed by atoms with van der Waals surface area (Å²) in [5.74, 6) is -0.0728. The molecule has 0 saturated carbocycles. The second-order valence-corrected chi connectivity index (χ2v) is 4.64. The lowest BCUT2D eigenvalue weighted by molar-refractivity contribution is 0.0691. The van der Waals surface area contributed by atoms with Crippen molar-refractivity contribution in [2.24, 2.45) is 0 Å². The van der Waals surface area contributed by atoms with Gasteiger partial charge in [0.2, 0.25) is 0 Å². The average molecular weight is 326 g/mol. The third-order valence-corrected chi connectivity index (χ3v) is 3.02. The molecule has 1 aromatic carbocycles. The normalized spacial score (nSPS) is 10.4. The molecule has 0 saturated heterocycles. The highest BCUT2D eigenvalue weighted by atomic mass is 79.9. The van der Waals surface area contributed by atoms with Crippen molar-refractivity contribution >= 4 is 21.9 Å². The Hall–Kier alpha value is -1.89. The summed E-state index contributed by atoms with van der Waals surface area (Å²) in [6.07, 6.45) is 1.45. The number of carbonyl (C=O) groups is 1. The van der Waals surface area contributed by atoms with Crippen LogP contribution in [0.3, 0.4) is 0 Å². The average Bonchev–Trinajstić information content (AvgIpc) is 2.84. The maximum Gasteiger partial charge on any atom is 0.339 e. The van der Waals surface area contributed by atoms with E-state index < -0.39 is 5.97 Å². The number of aromatic nitrogens is 3. The van der Waals surface area contributed by atoms with Crippen molar-refractivity contribution in [1.29, 1.82) is 0 Å². The predicted molar refractivity (Wildman–Crippen MR) is 71.1 cm³/mol. The molecular weight excluding hydrogens is 314 g/mol. The van der Waals surface area contributed by atoms with Crippen LogP contribution in [0.1, 0.15) is 23.1 Å². The molecule has 0 radical (unpaired) electrons. The van der Waals surface area contributed by atoms with E-state index in [2.05, 4.69) is 26.0 Å². The van der Waals surface area contributed by atoms with E-state index in [1.54, 1.807) is 16.8 Å². The van der Waals surface area contributed by atoms with Gasteiger partial charge in [0.05, 0.1) is 0 Å². The molecule has 0 fully saturated rings. The highest BCUT2D eigenvalue weighted by Gasteiger charge is 2.13. The van der Waals surface area contributed by atoms with Gasteiger partial charge in [-0.1, -0.05) is 15.9 Å². The third kappa shape index (κ3) is 3.11. The molecule has 2 rings (SSSR count). The van der Waals surface area contributed by atoms with Crippen molar-refractivity contribution in [2.75, 3.05) is 0 Å². The molecule has 0 aliphatic rings. The highest BCUT2D eigenvalue weighted by molar-refractivity contribution is 9.10. The van der Waals surface area contributed by atoms with Crippen molar-refractivity contribution in [1.82, 2.24) is 14.8 Å². The van der Waals surface area contributed by atoms with Gasteiger partial charge in [-0.3, -0.25) is 0 Å². The number of aryl methyl sites for hydroxylation is 1. The minimum atomic E-state index is -1.03. The van der Waals surface area contributed by atoms with Gasteiger partial charge in [-0.2, -0.15) is 5.10 Å². The Bertz CT molecular complexity index is 598. The quantitative estimate of drug-likeness (QED) is 0.912. The molecule has 0 bridgehead atoms. The summed E-state index contributed by atoms with van der Waals surface area (Å²) in [5, 5.41) is 13.1. The lowest BCUT2D eigenvalue weighted by Crippen LogP contribution is -2.09. The zero-order valence-electron chi connectivity index (χ0n) is 10.2. The number of benzene rings is 1. The lowest BCUT2D eigenvalue weighted by Gasteiger charge is -2.09. The summed E-state index contributed by atoms with van der Waals surface area (Å²) in [4.78, 5) is 15.2. The summed E-state index contributed by atoms with van der Waals surface area (Å²) < 4.78 is 7.90. The number of hydrogen-bond acceptors (Lipinski definition) is 4. The van der Waals surface area contributed by atoms with Gasteiger partial charge >= 0.3 is 5.97 Å². The van der Waals surface area contributed by atoms with Crippen LogP contribution >= 0.6 is 15.9 Å². The van der Waals surface area contributed by atoms with Crippen LogP contribution in [-0.4, -0.2) is 25.8 Å². The molecule has 6 nitrogen and oxygen atoms in total. The minimum absolute atomic E-state index is 0.108. The maximum absolute atomic E-state index is 11.1. The van der Waals surface area contributed by atoms with E-state index in [0.717, 1.165) is 0 Å². The maximum atomic E-state index is 11.1. The molecule has 2 aromatic rings. The molecule has 1 aromatic heterocycles. The molecule has 0 spiro atoms. The van der Waals surface area contributed by atoms with Gasteiger partial charge < -0.3 is 9.84 Å². The number of carboxylic acid groups (broad SMARTS) is 1. The van der Waals surface area contributed by atoms with Gasteiger partial charge in [0.1, 0.15) is 24.2 Å². The van der Waals surface area contributed by atoms with Crippen LogP contribution in [-0.2, 0) is 13.2 Å². The summed E-state index contributed by atoms with van der Waals surface area (Å²) in [6.45, 7) is 2.81. The number of carboxylic acids is 1. The van der Waals surface area contributed by atoms with Crippen molar-refractivity contribution in [3.05, 3.63) is 40.4 Å². The van der Waals surface area contributed by atoms with E-state index in [0.29, 0.717) is 22.6 Å². The number of ether oxygens (including phenoxy) is 1. The van der Waals surface area contributed by atoms with E-state index in [1.807, 2.05) is 6.92 Å². The van der Waals surface area contributed by atoms with Crippen LogP contribution in [0.15, 0.2) is 29.0 Å². The molecule has 0 atom stereocenters. The molecule has 1 heterocycles. The Morgan fingerprint density at radius 1 is 1.53 bits per heavy atom. The second kappa shape index (κ2) is 5.83. The van der Waals surface area contributed by atoms with Crippen molar-refractivity contribution < 1.29 is 14.6 Å². The number of hydrogen-bond donors (Lipinski definition) is 1. The zero-order chi connectivity index (χ0) is 13.8. The number of aromatic carboxylic acids is 1. The van der Waals surface area contributed by atoms with Crippen LogP contribution in [0.25, 0.3) is 0 Å². The van der Waals surface area contributed by atoms with E-state index in [1.165, 1.54) is 12.4 Å². The van der Waals surface area contributed by atoms with Crippen molar-refractivity contribution in [2.45, 2.75) is 20.1 Å². The summed E-state index contributed by atoms with van der Waals surface area (Å²) >= 11 is 3.23. The van der Waals surface area contributed by atoms with Gasteiger partial charge in [0, 0.05) is 11.0 Å². The Balaban J connectivity index is 2.18. The monoisotopic (exact) mass is 325 g/mol. The molecular formula is C12H12BrN3O3. The molecule has 19 heavy (non-hydrogen) atoms. The van der Waals surface area contributed by atoms with Crippen LogP contribution in [0.5, 0.6) is 5.75 Å². The van der Waals surface area contributed by atoms with Crippen molar-refractivity contribution in [3.63, 3.8) is 0 Å². The Morgan fingerprint density at radius 2 is 2.32 bits per heavy atom. The fourth-order valence-corrected chi connectivity index (χ4v) is 1.96. The number of halogens is 1. The SMILES string of the molecule is CCn1ncnc1COc1ccc(Br)cc1C(=O)O. The molecule has 1 N–H and O–H groups in total. The fraction of sp³-hybridized carbons (Fsp3) is 0.250. The fourth-order valence-electron chi connectivity index (χ4n) is 1.60. The first-order valence-electron chi connectivity index (χ1n) is 5.64. The third-order valence-electron chi connectivity index (χ3n) is 2.52. The molecule has 0 aliphatic carbocycles. The molecule has 7 heteroatoms. The van der Waals surface area contributed by atoms with Crippen molar-refractivity contribution in [3.8, 4) is 5.75 Å². The van der Waals surface area contributed by atoms with Crippen LogP contribution in [0, 0.1) is 0 Å². The Morgan fingerprint density at radius 3 is 3.00 bits per heavy atom. The topological polar surface area (TPSA) is 77.2 Å². The van der Waals surface area contributed by atoms with E-state index >= 15 is 0 Å². The second-order valence-electron chi connectivity index (χ2n) is 3.73. The standard InChI is InChI=1S/C12H12BrN3O3/c1-2-16-11(14-7-15-16)6-19-10-4-3-8(13)5-9(10)12(17)18/h3-5,7H,2,6H2,1H3,(H,17,18). The van der Waals surface area contributed by atoms with E-state index in [9.17, 15) is 4.79 Å². The van der Waals surface area contributed by atoms with Gasteiger partial charge in [0.15, 0.2) is 5.82 Å². The summed E-state index contributed by atoms with van der Waals surface area (Å²) in [5.41, 5.74) is 0.108. The molecule has 0 unspecified atom stereocenters. The first kappa shape index (κ1) is 13.5. The van der Waals surface area contributed by atoms with Gasteiger partial charge in [-0.15, -0.1) is 0 Å². The molecule has 0 amide bonds. The number of nitrogens with zero attached hydrogens (tertiary/aromatic N) is 3. The van der Waals surface area contributed by atoms with Gasteiger partial charge in [-0.25, -0.2) is 14.5 Å². The molecule has 0 aliphatic heterocycles. The van der Waals surface area contributed by atoms with Crippen LogP contribution in [0.2, 0.25) is 0 Å². The first-order valence-corrected chi connectivity index (χ1v) is 6.43. The Kier molecular flexibility index (Phi) is 4.16. The largest absolute Gasteiger partial charge is 0.485 e. The molecule has 100 valence electrons. The van der Waals surface area contributed by atoms with Gasteiger partial charge in [-0.05, 0) is 25.1 Å². The highest BCUT2D eigenvalue weighted by Crippen LogP contribution is 2.23. The van der Waals surface area contributed by atoms with Gasteiger partial charge in [0.25, 0.3) is 0 Å².